The molecule has 10 heteroatoms. The Morgan fingerprint density at radius 2 is 1.76 bits per heavy atom. The molecule has 2 aliphatic rings. The van der Waals surface area contributed by atoms with E-state index in [1.54, 1.807) is 49.5 Å². The molecule has 2 aromatic carbocycles. The second-order valence-electron chi connectivity index (χ2n) is 9.41. The number of carbonyl (C=O) groups is 2. The number of halogens is 1. The van der Waals surface area contributed by atoms with Gasteiger partial charge in [0.05, 0.1) is 27.4 Å². The summed E-state index contributed by atoms with van der Waals surface area (Å²) in [5, 5.41) is 3.48. The van der Waals surface area contributed by atoms with Crippen LogP contribution in [0.4, 0.5) is 10.5 Å². The van der Waals surface area contributed by atoms with Crippen LogP contribution in [-0.2, 0) is 11.3 Å². The number of anilines is 1. The van der Waals surface area contributed by atoms with E-state index >= 15 is 0 Å². The Balaban J connectivity index is 1.58. The molecular weight excluding hydrogens is 496 g/mol. The van der Waals surface area contributed by atoms with Crippen molar-refractivity contribution in [2.24, 2.45) is 5.73 Å². The van der Waals surface area contributed by atoms with E-state index in [0.29, 0.717) is 60.6 Å². The lowest BCUT2D eigenvalue weighted by molar-refractivity contribution is 0.0564. The van der Waals surface area contributed by atoms with Crippen LogP contribution in [0.15, 0.2) is 36.4 Å². The van der Waals surface area contributed by atoms with Gasteiger partial charge in [-0.05, 0) is 67.6 Å². The first-order valence-corrected chi connectivity index (χ1v) is 13.0. The van der Waals surface area contributed by atoms with Crippen LogP contribution in [0.25, 0.3) is 0 Å². The summed E-state index contributed by atoms with van der Waals surface area (Å²) in [6.07, 6.45) is 3.32. The molecule has 1 aliphatic carbocycles. The summed E-state index contributed by atoms with van der Waals surface area (Å²) < 4.78 is 16.1. The minimum absolute atomic E-state index is 0.0167. The minimum Gasteiger partial charge on any atom is -0.493 e. The fourth-order valence-electron chi connectivity index (χ4n) is 4.84. The number of ether oxygens (including phenoxy) is 3. The van der Waals surface area contributed by atoms with E-state index in [-0.39, 0.29) is 24.0 Å². The lowest BCUT2D eigenvalue weighted by atomic mass is 9.90. The molecule has 0 atom stereocenters. The second kappa shape index (κ2) is 12.5. The van der Waals surface area contributed by atoms with Crippen LogP contribution in [0.1, 0.15) is 41.6 Å². The molecule has 1 saturated heterocycles. The quantitative estimate of drug-likeness (QED) is 0.557. The number of nitrogens with one attached hydrogen (secondary N) is 1. The topological polar surface area (TPSA) is 106 Å². The molecule has 2 fully saturated rings. The first-order valence-electron chi connectivity index (χ1n) is 12.6. The van der Waals surface area contributed by atoms with E-state index in [2.05, 4.69) is 5.32 Å². The fourth-order valence-corrected chi connectivity index (χ4v) is 5.02. The maximum Gasteiger partial charge on any atom is 0.321 e. The third-order valence-corrected chi connectivity index (χ3v) is 7.38. The SMILES string of the molecule is COc1ccc(C(=O)N(Cc2cc(NC(=O)N3CCOCC3)ccc2Cl)C2CCC(N)CC2)cc1OC. The smallest absolute Gasteiger partial charge is 0.321 e. The maximum atomic E-state index is 13.8. The van der Waals surface area contributed by atoms with Crippen LogP contribution < -0.4 is 20.5 Å². The number of nitrogens with two attached hydrogens (primary N) is 1. The summed E-state index contributed by atoms with van der Waals surface area (Å²) in [4.78, 5) is 30.1. The van der Waals surface area contributed by atoms with Gasteiger partial charge >= 0.3 is 6.03 Å². The van der Waals surface area contributed by atoms with Crippen LogP contribution in [0.2, 0.25) is 5.02 Å². The average molecular weight is 531 g/mol. The first kappa shape index (κ1) is 27.0. The second-order valence-corrected chi connectivity index (χ2v) is 9.81. The summed E-state index contributed by atoms with van der Waals surface area (Å²) >= 11 is 6.59. The van der Waals surface area contributed by atoms with Gasteiger partial charge in [-0.2, -0.15) is 0 Å². The van der Waals surface area contributed by atoms with Crippen molar-refractivity contribution in [2.75, 3.05) is 45.8 Å². The molecule has 4 rings (SSSR count). The fraction of sp³-hybridized carbons (Fsp3) is 0.481. The normalized spacial score (nSPS) is 19.7. The molecule has 0 unspecified atom stereocenters. The van der Waals surface area contributed by atoms with Crippen molar-refractivity contribution in [1.29, 1.82) is 0 Å². The Bertz CT molecular complexity index is 1100. The molecule has 200 valence electrons. The van der Waals surface area contributed by atoms with Gasteiger partial charge in [0.25, 0.3) is 5.91 Å². The summed E-state index contributed by atoms with van der Waals surface area (Å²) in [5.41, 5.74) is 8.03. The number of benzene rings is 2. The molecule has 9 nitrogen and oxygen atoms in total. The highest BCUT2D eigenvalue weighted by molar-refractivity contribution is 6.31. The molecule has 0 radical (unpaired) electrons. The van der Waals surface area contributed by atoms with Crippen molar-refractivity contribution < 1.29 is 23.8 Å². The highest BCUT2D eigenvalue weighted by atomic mass is 35.5. The molecule has 0 spiro atoms. The van der Waals surface area contributed by atoms with Crippen LogP contribution in [0, 0.1) is 0 Å². The van der Waals surface area contributed by atoms with Gasteiger partial charge in [0.2, 0.25) is 0 Å². The molecule has 3 N–H and O–H groups in total. The molecule has 1 saturated carbocycles. The molecular formula is C27H35ClN4O5. The molecule has 2 aromatic rings. The monoisotopic (exact) mass is 530 g/mol. The zero-order valence-electron chi connectivity index (χ0n) is 21.4. The Labute approximate surface area is 222 Å². The number of nitrogens with zero attached hydrogens (tertiary/aromatic N) is 2. The van der Waals surface area contributed by atoms with Gasteiger partial charge in [-0.25, -0.2) is 4.79 Å². The predicted octanol–water partition coefficient (Wildman–Crippen LogP) is 4.13. The number of amides is 3. The largest absolute Gasteiger partial charge is 0.493 e. The zero-order chi connectivity index (χ0) is 26.4. The van der Waals surface area contributed by atoms with Crippen molar-refractivity contribution >= 4 is 29.2 Å². The molecule has 1 aliphatic heterocycles. The van der Waals surface area contributed by atoms with Crippen LogP contribution in [-0.4, -0.2) is 74.3 Å². The van der Waals surface area contributed by atoms with Crippen molar-refractivity contribution in [1.82, 2.24) is 9.80 Å². The van der Waals surface area contributed by atoms with E-state index in [4.69, 9.17) is 31.5 Å². The number of urea groups is 1. The molecule has 0 aromatic heterocycles. The lowest BCUT2D eigenvalue weighted by Gasteiger charge is -2.36. The Hall–Kier alpha value is -3.01. The van der Waals surface area contributed by atoms with Gasteiger partial charge in [0, 0.05) is 48.0 Å². The number of carbonyl (C=O) groups excluding carboxylic acids is 2. The molecule has 1 heterocycles. The van der Waals surface area contributed by atoms with Gasteiger partial charge in [-0.15, -0.1) is 0 Å². The first-order chi connectivity index (χ1) is 17.9. The zero-order valence-corrected chi connectivity index (χ0v) is 22.1. The number of hydrogen-bond acceptors (Lipinski definition) is 6. The number of hydrogen-bond donors (Lipinski definition) is 2. The Kier molecular flexibility index (Phi) is 9.13. The minimum atomic E-state index is -0.184. The third kappa shape index (κ3) is 6.66. The standard InChI is InChI=1S/C27H35ClN4O5/c1-35-24-10-3-18(16-25(24)36-2)26(33)32(22-7-4-20(29)5-8-22)17-19-15-21(6-9-23(19)28)30-27(34)31-11-13-37-14-12-31/h3,6,9-10,15-16,20,22H,4-5,7-8,11-14,17,29H2,1-2H3,(H,30,34). The van der Waals surface area contributed by atoms with Crippen LogP contribution >= 0.6 is 11.6 Å². The lowest BCUT2D eigenvalue weighted by Crippen LogP contribution is -2.44. The van der Waals surface area contributed by atoms with Gasteiger partial charge in [-0.3, -0.25) is 4.79 Å². The number of morpholine rings is 1. The van der Waals surface area contributed by atoms with Crippen LogP contribution in [0.5, 0.6) is 11.5 Å². The average Bonchev–Trinajstić information content (AvgIpc) is 2.93. The summed E-state index contributed by atoms with van der Waals surface area (Å²) in [5.74, 6) is 0.922. The number of methoxy groups -OCH3 is 2. The van der Waals surface area contributed by atoms with Crippen molar-refractivity contribution in [2.45, 2.75) is 44.3 Å². The van der Waals surface area contributed by atoms with E-state index in [1.165, 1.54) is 0 Å². The summed E-state index contributed by atoms with van der Waals surface area (Å²) in [6, 6.07) is 10.5. The van der Waals surface area contributed by atoms with Gasteiger partial charge in [0.15, 0.2) is 11.5 Å². The molecule has 0 bridgehead atoms. The highest BCUT2D eigenvalue weighted by Gasteiger charge is 2.30. The van der Waals surface area contributed by atoms with E-state index in [9.17, 15) is 9.59 Å². The van der Waals surface area contributed by atoms with Crippen molar-refractivity contribution in [3.05, 3.63) is 52.5 Å². The summed E-state index contributed by atoms with van der Waals surface area (Å²) in [6.45, 7) is 2.44. The van der Waals surface area contributed by atoms with E-state index < -0.39 is 0 Å². The van der Waals surface area contributed by atoms with Crippen LogP contribution in [0.3, 0.4) is 0 Å². The van der Waals surface area contributed by atoms with Crippen molar-refractivity contribution in [3.63, 3.8) is 0 Å². The maximum absolute atomic E-state index is 13.8. The van der Waals surface area contributed by atoms with Gasteiger partial charge in [0.1, 0.15) is 0 Å². The molecule has 37 heavy (non-hydrogen) atoms. The van der Waals surface area contributed by atoms with E-state index in [1.807, 2.05) is 11.0 Å². The Morgan fingerprint density at radius 1 is 1.05 bits per heavy atom. The Morgan fingerprint density at radius 3 is 2.43 bits per heavy atom. The summed E-state index contributed by atoms with van der Waals surface area (Å²) in [7, 11) is 3.10. The molecule has 3 amide bonds. The van der Waals surface area contributed by atoms with E-state index in [0.717, 1.165) is 31.2 Å². The van der Waals surface area contributed by atoms with Gasteiger partial charge in [-0.1, -0.05) is 11.6 Å². The van der Waals surface area contributed by atoms with Crippen molar-refractivity contribution in [3.8, 4) is 11.5 Å². The number of rotatable bonds is 7. The predicted molar refractivity (Wildman–Crippen MR) is 143 cm³/mol. The third-order valence-electron chi connectivity index (χ3n) is 7.01. The highest BCUT2D eigenvalue weighted by Crippen LogP contribution is 2.32. The van der Waals surface area contributed by atoms with Gasteiger partial charge < -0.3 is 35.1 Å².